The molecule has 0 radical (unpaired) electrons. The second-order valence-electron chi connectivity index (χ2n) is 4.89. The molecule has 0 saturated heterocycles. The number of fused-ring (bicyclic) bond motifs is 1. The molecule has 0 bridgehead atoms. The third-order valence-electron chi connectivity index (χ3n) is 3.47. The molecule has 0 aliphatic carbocycles. The summed E-state index contributed by atoms with van der Waals surface area (Å²) in [7, 11) is 0. The molecule has 8 heteroatoms. The van der Waals surface area contributed by atoms with Crippen LogP contribution in [0.1, 0.15) is 23.0 Å². The van der Waals surface area contributed by atoms with Crippen molar-refractivity contribution in [2.45, 2.75) is 13.8 Å². The van der Waals surface area contributed by atoms with Gasteiger partial charge in [-0.1, -0.05) is 6.07 Å². The molecule has 2 heterocycles. The second kappa shape index (κ2) is 6.76. The number of esters is 1. The SMILES string of the molecule is CCOC(=O)c1oc2cccc(N(c3cccs3)S(=O)[O-])c2c1C. The number of rotatable bonds is 5. The summed E-state index contributed by atoms with van der Waals surface area (Å²) in [6, 6.07) is 8.53. The summed E-state index contributed by atoms with van der Waals surface area (Å²) >= 11 is -1.22. The first-order chi connectivity index (χ1) is 11.5. The third kappa shape index (κ3) is 2.83. The number of benzene rings is 1. The lowest BCUT2D eigenvalue weighted by molar-refractivity contribution is 0.0491. The molecule has 0 fully saturated rings. The maximum absolute atomic E-state index is 12.0. The van der Waals surface area contributed by atoms with Crippen LogP contribution < -0.4 is 4.31 Å². The first-order valence-corrected chi connectivity index (χ1v) is 9.08. The van der Waals surface area contributed by atoms with Crippen molar-refractivity contribution in [3.63, 3.8) is 0 Å². The van der Waals surface area contributed by atoms with Crippen molar-refractivity contribution in [1.29, 1.82) is 0 Å². The molecular formula is C16H14NO5S2-. The minimum absolute atomic E-state index is 0.0853. The fraction of sp³-hybridized carbons (Fsp3) is 0.188. The molecule has 2 aromatic heterocycles. The molecule has 0 aliphatic rings. The Kier molecular flexibility index (Phi) is 4.70. The van der Waals surface area contributed by atoms with Crippen LogP contribution in [0.25, 0.3) is 11.0 Å². The van der Waals surface area contributed by atoms with Crippen molar-refractivity contribution in [2.75, 3.05) is 10.9 Å². The van der Waals surface area contributed by atoms with Gasteiger partial charge in [0.2, 0.25) is 5.76 Å². The molecular weight excluding hydrogens is 350 g/mol. The summed E-state index contributed by atoms with van der Waals surface area (Å²) in [5.74, 6) is -0.481. The smallest absolute Gasteiger partial charge is 0.374 e. The van der Waals surface area contributed by atoms with E-state index in [0.29, 0.717) is 27.2 Å². The van der Waals surface area contributed by atoms with E-state index in [1.165, 1.54) is 15.6 Å². The van der Waals surface area contributed by atoms with Crippen molar-refractivity contribution in [1.82, 2.24) is 0 Å². The maximum atomic E-state index is 12.0. The van der Waals surface area contributed by atoms with Gasteiger partial charge in [0.1, 0.15) is 10.6 Å². The number of furan rings is 1. The summed E-state index contributed by atoms with van der Waals surface area (Å²) < 4.78 is 35.4. The summed E-state index contributed by atoms with van der Waals surface area (Å²) in [5.41, 5.74) is 1.41. The van der Waals surface area contributed by atoms with Gasteiger partial charge in [0.25, 0.3) is 0 Å². The van der Waals surface area contributed by atoms with Gasteiger partial charge in [0.05, 0.1) is 23.6 Å². The van der Waals surface area contributed by atoms with Gasteiger partial charge in [-0.25, -0.2) is 4.79 Å². The predicted octanol–water partition coefficient (Wildman–Crippen LogP) is 3.91. The van der Waals surface area contributed by atoms with Crippen LogP contribution >= 0.6 is 11.3 Å². The highest BCUT2D eigenvalue weighted by Crippen LogP contribution is 2.39. The van der Waals surface area contributed by atoms with Crippen molar-refractivity contribution >= 4 is 50.2 Å². The van der Waals surface area contributed by atoms with E-state index in [9.17, 15) is 13.6 Å². The van der Waals surface area contributed by atoms with Gasteiger partial charge in [0.15, 0.2) is 0 Å². The molecule has 0 aliphatic heterocycles. The van der Waals surface area contributed by atoms with Crippen LogP contribution in [-0.4, -0.2) is 21.3 Å². The number of aryl methyl sites for hydroxylation is 1. The molecule has 24 heavy (non-hydrogen) atoms. The molecule has 1 atom stereocenters. The zero-order valence-electron chi connectivity index (χ0n) is 13.0. The number of ether oxygens (including phenoxy) is 1. The number of carbonyl (C=O) groups is 1. The van der Waals surface area contributed by atoms with E-state index < -0.39 is 17.2 Å². The van der Waals surface area contributed by atoms with Gasteiger partial charge < -0.3 is 13.7 Å². The molecule has 0 amide bonds. The Balaban J connectivity index is 2.21. The Hall–Kier alpha value is -2.16. The van der Waals surface area contributed by atoms with Crippen LogP contribution in [0.2, 0.25) is 0 Å². The molecule has 0 N–H and O–H groups in total. The van der Waals surface area contributed by atoms with Gasteiger partial charge in [-0.3, -0.25) is 8.51 Å². The Morgan fingerprint density at radius 1 is 1.38 bits per heavy atom. The quantitative estimate of drug-likeness (QED) is 0.506. The Bertz CT molecular complexity index is 901. The van der Waals surface area contributed by atoms with E-state index in [1.807, 2.05) is 0 Å². The Morgan fingerprint density at radius 2 is 2.17 bits per heavy atom. The standard InChI is InChI=1S/C16H15NO5S2/c1-3-21-16(18)15-10(2)14-11(6-4-7-12(14)22-15)17(24(19)20)13-8-5-9-23-13/h4-9H,3H2,1-2H3,(H,19,20)/p-1. The summed E-state index contributed by atoms with van der Waals surface area (Å²) in [4.78, 5) is 12.0. The molecule has 1 unspecified atom stereocenters. The van der Waals surface area contributed by atoms with E-state index >= 15 is 0 Å². The molecule has 1 aromatic carbocycles. The van der Waals surface area contributed by atoms with E-state index in [4.69, 9.17) is 9.15 Å². The first kappa shape index (κ1) is 16.7. The van der Waals surface area contributed by atoms with Crippen molar-refractivity contribution < 1.29 is 22.7 Å². The van der Waals surface area contributed by atoms with Crippen LogP contribution in [0.15, 0.2) is 40.1 Å². The number of carbonyl (C=O) groups excluding carboxylic acids is 1. The normalized spacial score (nSPS) is 12.3. The number of hydrogen-bond acceptors (Lipinski definition) is 6. The monoisotopic (exact) mass is 364 g/mol. The minimum Gasteiger partial charge on any atom is -0.755 e. The maximum Gasteiger partial charge on any atom is 0.374 e. The van der Waals surface area contributed by atoms with Crippen LogP contribution in [0.3, 0.4) is 0 Å². The average molecular weight is 364 g/mol. The molecule has 3 rings (SSSR count). The molecule has 6 nitrogen and oxygen atoms in total. The van der Waals surface area contributed by atoms with Gasteiger partial charge in [-0.2, -0.15) is 0 Å². The van der Waals surface area contributed by atoms with Gasteiger partial charge in [-0.15, -0.1) is 11.3 Å². The predicted molar refractivity (Wildman–Crippen MR) is 92.3 cm³/mol. The van der Waals surface area contributed by atoms with Gasteiger partial charge in [-0.05, 0) is 43.5 Å². The summed E-state index contributed by atoms with van der Waals surface area (Å²) in [6.07, 6.45) is 0. The highest BCUT2D eigenvalue weighted by atomic mass is 32.2. The zero-order valence-corrected chi connectivity index (χ0v) is 14.6. The van der Waals surface area contributed by atoms with Crippen molar-refractivity contribution in [2.24, 2.45) is 0 Å². The van der Waals surface area contributed by atoms with E-state index in [2.05, 4.69) is 0 Å². The summed E-state index contributed by atoms with van der Waals surface area (Å²) in [6.45, 7) is 3.65. The lowest BCUT2D eigenvalue weighted by atomic mass is 10.1. The van der Waals surface area contributed by atoms with Crippen LogP contribution in [0, 0.1) is 6.92 Å². The highest BCUT2D eigenvalue weighted by Gasteiger charge is 2.23. The van der Waals surface area contributed by atoms with Crippen LogP contribution in [-0.2, 0) is 16.0 Å². The fourth-order valence-corrected chi connectivity index (χ4v) is 3.98. The largest absolute Gasteiger partial charge is 0.755 e. The zero-order chi connectivity index (χ0) is 17.3. The highest BCUT2D eigenvalue weighted by molar-refractivity contribution is 7.81. The fourth-order valence-electron chi connectivity index (χ4n) is 2.50. The third-order valence-corrected chi connectivity index (χ3v) is 5.13. The number of nitrogens with zero attached hydrogens (tertiary/aromatic N) is 1. The topological polar surface area (TPSA) is 82.8 Å². The first-order valence-electron chi connectivity index (χ1n) is 7.16. The minimum atomic E-state index is -2.52. The van der Waals surface area contributed by atoms with Gasteiger partial charge >= 0.3 is 5.97 Å². The number of thiophene rings is 1. The lowest BCUT2D eigenvalue weighted by Crippen LogP contribution is -2.18. The van der Waals surface area contributed by atoms with Crippen molar-refractivity contribution in [3.8, 4) is 0 Å². The van der Waals surface area contributed by atoms with E-state index in [1.54, 1.807) is 49.6 Å². The number of anilines is 2. The second-order valence-corrected chi connectivity index (χ2v) is 6.62. The molecule has 3 aromatic rings. The molecule has 0 saturated carbocycles. The Labute approximate surface area is 145 Å². The average Bonchev–Trinajstić information content (AvgIpc) is 3.16. The van der Waals surface area contributed by atoms with Crippen LogP contribution in [0.5, 0.6) is 0 Å². The Morgan fingerprint density at radius 3 is 2.79 bits per heavy atom. The van der Waals surface area contributed by atoms with Gasteiger partial charge in [0, 0.05) is 10.9 Å². The lowest BCUT2D eigenvalue weighted by Gasteiger charge is -2.25. The molecule has 0 spiro atoms. The summed E-state index contributed by atoms with van der Waals surface area (Å²) in [5, 5.41) is 2.91. The number of hydrogen-bond donors (Lipinski definition) is 0. The van der Waals surface area contributed by atoms with Crippen LogP contribution in [0.4, 0.5) is 10.7 Å². The molecule has 126 valence electrons. The van der Waals surface area contributed by atoms with E-state index in [-0.39, 0.29) is 12.4 Å². The van der Waals surface area contributed by atoms with E-state index in [0.717, 1.165) is 0 Å². The van der Waals surface area contributed by atoms with Crippen molar-refractivity contribution in [3.05, 3.63) is 47.0 Å².